The van der Waals surface area contributed by atoms with Crippen LogP contribution >= 0.6 is 0 Å². The third-order valence-corrected chi connectivity index (χ3v) is 6.37. The largest absolute Gasteiger partial charge is 0.207 e. The van der Waals surface area contributed by atoms with Crippen LogP contribution in [0.25, 0.3) is 54.6 Å². The smallest absolute Gasteiger partial charge is 0.159 e. The van der Waals surface area contributed by atoms with Gasteiger partial charge in [-0.25, -0.2) is 22.0 Å². The van der Waals surface area contributed by atoms with Gasteiger partial charge in [0.15, 0.2) is 23.3 Å². The zero-order valence-electron chi connectivity index (χ0n) is 18.1. The summed E-state index contributed by atoms with van der Waals surface area (Å²) >= 11 is 0. The number of rotatable bonds is 2. The van der Waals surface area contributed by atoms with Crippen LogP contribution in [0.15, 0.2) is 91.0 Å². The molecule has 0 bridgehead atoms. The predicted molar refractivity (Wildman–Crippen MR) is 130 cm³/mol. The van der Waals surface area contributed by atoms with Gasteiger partial charge in [0.2, 0.25) is 0 Å². The van der Waals surface area contributed by atoms with E-state index in [0.717, 1.165) is 35.0 Å². The fraction of sp³-hybridized carbons (Fsp3) is 0. The number of halogens is 5. The molecule has 0 fully saturated rings. The summed E-state index contributed by atoms with van der Waals surface area (Å²) in [6.45, 7) is 0. The van der Waals surface area contributed by atoms with E-state index in [1.807, 2.05) is 42.5 Å². The lowest BCUT2D eigenvalue weighted by atomic mass is 9.85. The number of benzene rings is 6. The molecule has 0 aromatic heterocycles. The van der Waals surface area contributed by atoms with Gasteiger partial charge < -0.3 is 0 Å². The summed E-state index contributed by atoms with van der Waals surface area (Å²) in [6.07, 6.45) is 0. The Morgan fingerprint density at radius 1 is 0.371 bits per heavy atom. The maximum atomic E-state index is 14.6. The lowest BCUT2D eigenvalue weighted by Gasteiger charge is -2.19. The first-order valence-corrected chi connectivity index (χ1v) is 10.9. The SMILES string of the molecule is Fc1ccc(-c2c3cc(F)c(F)cc3c(-c3ccc4ccccc4c3)c3cc(F)c(F)cc23)cc1. The van der Waals surface area contributed by atoms with Crippen molar-refractivity contribution in [2.45, 2.75) is 0 Å². The molecule has 0 saturated heterocycles. The molecule has 0 radical (unpaired) electrons. The Kier molecular flexibility index (Phi) is 4.81. The summed E-state index contributed by atoms with van der Waals surface area (Å²) in [5.74, 6) is -4.76. The minimum atomic E-state index is -1.08. The van der Waals surface area contributed by atoms with Crippen molar-refractivity contribution < 1.29 is 22.0 Å². The van der Waals surface area contributed by atoms with Crippen molar-refractivity contribution in [1.29, 1.82) is 0 Å². The van der Waals surface area contributed by atoms with Gasteiger partial charge in [0, 0.05) is 0 Å². The van der Waals surface area contributed by atoms with Gasteiger partial charge in [-0.15, -0.1) is 0 Å². The summed E-state index contributed by atoms with van der Waals surface area (Å²) in [5.41, 5.74) is 1.91. The highest BCUT2D eigenvalue weighted by molar-refractivity contribution is 6.21. The Labute approximate surface area is 196 Å². The second-order valence-corrected chi connectivity index (χ2v) is 8.44. The van der Waals surface area contributed by atoms with Gasteiger partial charge in [-0.05, 0) is 97.0 Å². The molecule has 0 amide bonds. The van der Waals surface area contributed by atoms with Crippen LogP contribution in [0.5, 0.6) is 0 Å². The Morgan fingerprint density at radius 2 is 0.800 bits per heavy atom. The summed E-state index contributed by atoms with van der Waals surface area (Å²) in [6, 6.07) is 22.9. The summed E-state index contributed by atoms with van der Waals surface area (Å²) in [7, 11) is 0. The predicted octanol–water partition coefficient (Wildman–Crippen LogP) is 9.18. The van der Waals surface area contributed by atoms with Crippen LogP contribution in [0.1, 0.15) is 0 Å². The van der Waals surface area contributed by atoms with Crippen molar-refractivity contribution in [3.63, 3.8) is 0 Å². The zero-order chi connectivity index (χ0) is 24.3. The van der Waals surface area contributed by atoms with Crippen LogP contribution in [0.4, 0.5) is 22.0 Å². The highest BCUT2D eigenvalue weighted by Crippen LogP contribution is 2.45. The second kappa shape index (κ2) is 7.91. The van der Waals surface area contributed by atoms with Crippen LogP contribution in [0.2, 0.25) is 0 Å². The lowest BCUT2D eigenvalue weighted by molar-refractivity contribution is 0.510. The van der Waals surface area contributed by atoms with E-state index in [4.69, 9.17) is 0 Å². The van der Waals surface area contributed by atoms with Gasteiger partial charge in [0.25, 0.3) is 0 Å². The molecule has 0 atom stereocenters. The molecule has 170 valence electrons. The highest BCUT2D eigenvalue weighted by Gasteiger charge is 2.21. The molecule has 5 heteroatoms. The minimum absolute atomic E-state index is 0.303. The van der Waals surface area contributed by atoms with Crippen LogP contribution < -0.4 is 0 Å². The normalized spacial score (nSPS) is 11.6. The van der Waals surface area contributed by atoms with Gasteiger partial charge in [0.05, 0.1) is 0 Å². The molecule has 0 nitrogen and oxygen atoms in total. The van der Waals surface area contributed by atoms with Crippen LogP contribution in [0, 0.1) is 29.1 Å². The maximum Gasteiger partial charge on any atom is 0.159 e. The van der Waals surface area contributed by atoms with E-state index in [1.165, 1.54) is 24.3 Å². The molecule has 6 rings (SSSR count). The monoisotopic (exact) mass is 470 g/mol. The first kappa shape index (κ1) is 21.3. The van der Waals surface area contributed by atoms with Gasteiger partial charge in [-0.1, -0.05) is 48.5 Å². The average molecular weight is 470 g/mol. The molecule has 6 aromatic carbocycles. The van der Waals surface area contributed by atoms with E-state index in [1.54, 1.807) is 0 Å². The van der Waals surface area contributed by atoms with E-state index >= 15 is 0 Å². The van der Waals surface area contributed by atoms with Crippen LogP contribution in [0.3, 0.4) is 0 Å². The molecule has 0 unspecified atom stereocenters. The Balaban J connectivity index is 1.84. The lowest BCUT2D eigenvalue weighted by Crippen LogP contribution is -1.96. The van der Waals surface area contributed by atoms with Gasteiger partial charge >= 0.3 is 0 Å². The molecule has 0 aliphatic carbocycles. The summed E-state index contributed by atoms with van der Waals surface area (Å²) < 4.78 is 71.8. The molecule has 0 saturated carbocycles. The average Bonchev–Trinajstić information content (AvgIpc) is 2.85. The van der Waals surface area contributed by atoms with E-state index < -0.39 is 29.1 Å². The van der Waals surface area contributed by atoms with Gasteiger partial charge in [0.1, 0.15) is 5.82 Å². The molecule has 6 aromatic rings. The fourth-order valence-corrected chi connectivity index (χ4v) is 4.79. The molecule has 0 aliphatic rings. The Bertz CT molecular complexity index is 1720. The first-order valence-electron chi connectivity index (χ1n) is 10.9. The van der Waals surface area contributed by atoms with Crippen LogP contribution in [-0.2, 0) is 0 Å². The van der Waals surface area contributed by atoms with Crippen molar-refractivity contribution in [3.8, 4) is 22.3 Å². The fourth-order valence-electron chi connectivity index (χ4n) is 4.79. The van der Waals surface area contributed by atoms with Crippen molar-refractivity contribution in [1.82, 2.24) is 0 Å². The molecule has 0 N–H and O–H groups in total. The van der Waals surface area contributed by atoms with Crippen molar-refractivity contribution in [3.05, 3.63) is 120 Å². The van der Waals surface area contributed by atoms with E-state index in [2.05, 4.69) is 0 Å². The third-order valence-electron chi connectivity index (χ3n) is 6.37. The standard InChI is InChI=1S/C30H15F5/c31-20-9-7-17(8-10-20)29-21-12-25(32)27(34)14-23(21)30(24-15-28(35)26(33)13-22(24)29)19-6-5-16-3-1-2-4-18(16)11-19/h1-15H. The first-order chi connectivity index (χ1) is 16.9. The molecule has 0 heterocycles. The third kappa shape index (κ3) is 3.43. The topological polar surface area (TPSA) is 0 Å². The number of hydrogen-bond acceptors (Lipinski definition) is 0. The molecule has 35 heavy (non-hydrogen) atoms. The van der Waals surface area contributed by atoms with Crippen LogP contribution in [-0.4, -0.2) is 0 Å². The number of fused-ring (bicyclic) bond motifs is 3. The van der Waals surface area contributed by atoms with E-state index in [-0.39, 0.29) is 0 Å². The van der Waals surface area contributed by atoms with Crippen molar-refractivity contribution >= 4 is 32.3 Å². The quantitative estimate of drug-likeness (QED) is 0.175. The molecule has 0 spiro atoms. The Hall–Kier alpha value is -4.25. The molecular formula is C30H15F5. The maximum absolute atomic E-state index is 14.6. The zero-order valence-corrected chi connectivity index (χ0v) is 18.1. The van der Waals surface area contributed by atoms with Crippen molar-refractivity contribution in [2.24, 2.45) is 0 Å². The summed E-state index contributed by atoms with van der Waals surface area (Å²) in [5, 5.41) is 3.14. The van der Waals surface area contributed by atoms with E-state index in [9.17, 15) is 22.0 Å². The molecular weight excluding hydrogens is 455 g/mol. The van der Waals surface area contributed by atoms with E-state index in [0.29, 0.717) is 43.8 Å². The second-order valence-electron chi connectivity index (χ2n) is 8.44. The highest BCUT2D eigenvalue weighted by atomic mass is 19.2. The van der Waals surface area contributed by atoms with Crippen molar-refractivity contribution in [2.75, 3.05) is 0 Å². The Morgan fingerprint density at radius 3 is 1.31 bits per heavy atom. The minimum Gasteiger partial charge on any atom is -0.207 e. The van der Waals surface area contributed by atoms with Gasteiger partial charge in [-0.3, -0.25) is 0 Å². The number of hydrogen-bond donors (Lipinski definition) is 0. The summed E-state index contributed by atoms with van der Waals surface area (Å²) in [4.78, 5) is 0. The van der Waals surface area contributed by atoms with Gasteiger partial charge in [-0.2, -0.15) is 0 Å². The molecule has 0 aliphatic heterocycles.